The second kappa shape index (κ2) is 9.25. The highest BCUT2D eigenvalue weighted by atomic mass is 79.9. The van der Waals surface area contributed by atoms with Crippen LogP contribution < -0.4 is 5.32 Å². The molecule has 0 bridgehead atoms. The van der Waals surface area contributed by atoms with Crippen LogP contribution in [0.5, 0.6) is 0 Å². The first-order valence-corrected chi connectivity index (χ1v) is 11.4. The fourth-order valence-electron chi connectivity index (χ4n) is 3.87. The number of hydrogen-bond acceptors (Lipinski definition) is 1. The van der Waals surface area contributed by atoms with Crippen molar-refractivity contribution in [2.45, 2.75) is 0 Å². The maximum atomic E-state index is 3.61. The Balaban J connectivity index is 1.37. The topological polar surface area (TPSA) is 12.0 Å². The van der Waals surface area contributed by atoms with Crippen LogP contribution in [0.2, 0.25) is 0 Å². The van der Waals surface area contributed by atoms with Gasteiger partial charge in [-0.25, -0.2) is 0 Å². The highest BCUT2D eigenvalue weighted by molar-refractivity contribution is 9.10. The lowest BCUT2D eigenvalue weighted by Gasteiger charge is -2.14. The highest BCUT2D eigenvalue weighted by Crippen LogP contribution is 2.33. The summed E-state index contributed by atoms with van der Waals surface area (Å²) in [5.41, 5.74) is 9.39. The summed E-state index contributed by atoms with van der Waals surface area (Å²) in [4.78, 5) is 0. The van der Waals surface area contributed by atoms with Crippen molar-refractivity contribution in [3.05, 3.63) is 132 Å². The van der Waals surface area contributed by atoms with E-state index in [-0.39, 0.29) is 0 Å². The standard InChI is InChI=1S/C30H22BrN/c31-27-17-20-30(29(21-27)26-9-5-2-6-10-26)32-28-18-15-25(16-19-28)24-13-11-23(12-14-24)22-7-3-1-4-8-22/h1-21,32H. The third kappa shape index (κ3) is 4.51. The van der Waals surface area contributed by atoms with Gasteiger partial charge in [-0.2, -0.15) is 0 Å². The summed E-state index contributed by atoms with van der Waals surface area (Å²) in [6, 6.07) is 44.6. The smallest absolute Gasteiger partial charge is 0.0464 e. The monoisotopic (exact) mass is 475 g/mol. The van der Waals surface area contributed by atoms with Gasteiger partial charge in [0.2, 0.25) is 0 Å². The van der Waals surface area contributed by atoms with E-state index in [9.17, 15) is 0 Å². The van der Waals surface area contributed by atoms with Gasteiger partial charge in [0.15, 0.2) is 0 Å². The van der Waals surface area contributed by atoms with Crippen molar-refractivity contribution in [2.24, 2.45) is 0 Å². The van der Waals surface area contributed by atoms with Crippen molar-refractivity contribution in [1.82, 2.24) is 0 Å². The average Bonchev–Trinajstić information content (AvgIpc) is 2.87. The van der Waals surface area contributed by atoms with Gasteiger partial charge in [0.25, 0.3) is 0 Å². The minimum atomic E-state index is 1.06. The van der Waals surface area contributed by atoms with E-state index in [1.165, 1.54) is 33.4 Å². The molecule has 5 aromatic rings. The summed E-state index contributed by atoms with van der Waals surface area (Å²) in [5, 5.41) is 3.59. The number of benzene rings is 5. The highest BCUT2D eigenvalue weighted by Gasteiger charge is 2.07. The van der Waals surface area contributed by atoms with Crippen molar-refractivity contribution in [2.75, 3.05) is 5.32 Å². The number of anilines is 2. The largest absolute Gasteiger partial charge is 0.355 e. The van der Waals surface area contributed by atoms with E-state index in [0.717, 1.165) is 15.8 Å². The molecule has 0 saturated heterocycles. The maximum Gasteiger partial charge on any atom is 0.0464 e. The predicted octanol–water partition coefficient (Wildman–Crippen LogP) is 9.19. The molecule has 0 radical (unpaired) electrons. The number of hydrogen-bond donors (Lipinski definition) is 1. The molecule has 0 heterocycles. The lowest BCUT2D eigenvalue weighted by atomic mass is 10.00. The molecule has 0 atom stereocenters. The minimum Gasteiger partial charge on any atom is -0.355 e. The Morgan fingerprint density at radius 2 is 0.906 bits per heavy atom. The molecule has 32 heavy (non-hydrogen) atoms. The van der Waals surface area contributed by atoms with Gasteiger partial charge in [-0.15, -0.1) is 0 Å². The van der Waals surface area contributed by atoms with Crippen molar-refractivity contribution in [1.29, 1.82) is 0 Å². The maximum absolute atomic E-state index is 3.61. The fraction of sp³-hybridized carbons (Fsp3) is 0. The van der Waals surface area contributed by atoms with Gasteiger partial charge in [0.1, 0.15) is 0 Å². The molecule has 2 heteroatoms. The molecule has 1 nitrogen and oxygen atoms in total. The lowest BCUT2D eigenvalue weighted by molar-refractivity contribution is 1.51. The zero-order valence-corrected chi connectivity index (χ0v) is 19.1. The Morgan fingerprint density at radius 1 is 0.438 bits per heavy atom. The zero-order chi connectivity index (χ0) is 21.8. The van der Waals surface area contributed by atoms with E-state index in [1.54, 1.807) is 0 Å². The minimum absolute atomic E-state index is 1.06. The quantitative estimate of drug-likeness (QED) is 0.267. The van der Waals surface area contributed by atoms with Gasteiger partial charge in [0, 0.05) is 21.4 Å². The molecule has 5 aromatic carbocycles. The van der Waals surface area contributed by atoms with Crippen LogP contribution >= 0.6 is 15.9 Å². The molecule has 1 N–H and O–H groups in total. The van der Waals surface area contributed by atoms with Crippen LogP contribution in [0.4, 0.5) is 11.4 Å². The van der Waals surface area contributed by atoms with Crippen LogP contribution in [0.25, 0.3) is 33.4 Å². The van der Waals surface area contributed by atoms with E-state index < -0.39 is 0 Å². The Labute approximate surface area is 197 Å². The van der Waals surface area contributed by atoms with Crippen LogP contribution in [0.1, 0.15) is 0 Å². The number of rotatable bonds is 5. The summed E-state index contributed by atoms with van der Waals surface area (Å²) in [5.74, 6) is 0. The lowest BCUT2D eigenvalue weighted by Crippen LogP contribution is -1.93. The Kier molecular flexibility index (Phi) is 5.87. The van der Waals surface area contributed by atoms with Crippen LogP contribution in [0, 0.1) is 0 Å². The molecule has 0 amide bonds. The average molecular weight is 476 g/mol. The second-order valence-corrected chi connectivity index (χ2v) is 8.62. The number of halogens is 1. The van der Waals surface area contributed by atoms with Crippen LogP contribution in [0.3, 0.4) is 0 Å². The summed E-state index contributed by atoms with van der Waals surface area (Å²) in [7, 11) is 0. The van der Waals surface area contributed by atoms with Crippen LogP contribution in [-0.4, -0.2) is 0 Å². The van der Waals surface area contributed by atoms with Crippen molar-refractivity contribution in [3.8, 4) is 33.4 Å². The normalized spacial score (nSPS) is 10.7. The van der Waals surface area contributed by atoms with E-state index in [4.69, 9.17) is 0 Å². The van der Waals surface area contributed by atoms with Gasteiger partial charge in [-0.1, -0.05) is 113 Å². The molecular formula is C30H22BrN. The first kappa shape index (κ1) is 20.3. The number of nitrogens with one attached hydrogen (secondary N) is 1. The van der Waals surface area contributed by atoms with Gasteiger partial charge in [-0.05, 0) is 58.1 Å². The summed E-state index contributed by atoms with van der Waals surface area (Å²) >= 11 is 3.61. The van der Waals surface area contributed by atoms with Crippen molar-refractivity contribution >= 4 is 27.3 Å². The van der Waals surface area contributed by atoms with Gasteiger partial charge >= 0.3 is 0 Å². The molecule has 0 fully saturated rings. The molecule has 0 aromatic heterocycles. The Hall–Kier alpha value is -3.62. The molecule has 0 unspecified atom stereocenters. The SMILES string of the molecule is Brc1ccc(Nc2ccc(-c3ccc(-c4ccccc4)cc3)cc2)c(-c2ccccc2)c1. The molecule has 154 valence electrons. The third-order valence-electron chi connectivity index (χ3n) is 5.56. The molecule has 0 aliphatic heterocycles. The van der Waals surface area contributed by atoms with Crippen molar-refractivity contribution < 1.29 is 0 Å². The molecule has 5 rings (SSSR count). The third-order valence-corrected chi connectivity index (χ3v) is 6.05. The summed E-state index contributed by atoms with van der Waals surface area (Å²) in [6.45, 7) is 0. The van der Waals surface area contributed by atoms with Gasteiger partial charge in [-0.3, -0.25) is 0 Å². The van der Waals surface area contributed by atoms with Crippen LogP contribution in [-0.2, 0) is 0 Å². The first-order valence-electron chi connectivity index (χ1n) is 10.6. The van der Waals surface area contributed by atoms with Crippen molar-refractivity contribution in [3.63, 3.8) is 0 Å². The summed E-state index contributed by atoms with van der Waals surface area (Å²) in [6.07, 6.45) is 0. The second-order valence-electron chi connectivity index (χ2n) is 7.70. The Bertz CT molecular complexity index is 1310. The van der Waals surface area contributed by atoms with E-state index >= 15 is 0 Å². The molecular weight excluding hydrogens is 454 g/mol. The van der Waals surface area contributed by atoms with E-state index in [0.29, 0.717) is 0 Å². The first-order chi connectivity index (χ1) is 15.8. The molecule has 0 aliphatic carbocycles. The summed E-state index contributed by atoms with van der Waals surface area (Å²) < 4.78 is 1.07. The van der Waals surface area contributed by atoms with Gasteiger partial charge in [0.05, 0.1) is 0 Å². The van der Waals surface area contributed by atoms with E-state index in [1.807, 2.05) is 12.1 Å². The molecule has 0 spiro atoms. The van der Waals surface area contributed by atoms with E-state index in [2.05, 4.69) is 137 Å². The van der Waals surface area contributed by atoms with Crippen LogP contribution in [0.15, 0.2) is 132 Å². The zero-order valence-electron chi connectivity index (χ0n) is 17.5. The molecule has 0 aliphatic rings. The predicted molar refractivity (Wildman–Crippen MR) is 140 cm³/mol. The Morgan fingerprint density at radius 3 is 1.47 bits per heavy atom. The fourth-order valence-corrected chi connectivity index (χ4v) is 4.23. The van der Waals surface area contributed by atoms with Gasteiger partial charge < -0.3 is 5.32 Å². The molecule has 0 saturated carbocycles.